The Labute approximate surface area is 89.7 Å². The van der Waals surface area contributed by atoms with Gasteiger partial charge < -0.3 is 4.42 Å². The number of carbonyl (C=O) groups excluding carboxylic acids is 1. The van der Waals surface area contributed by atoms with Crippen molar-refractivity contribution < 1.29 is 9.21 Å². The lowest BCUT2D eigenvalue weighted by Crippen LogP contribution is -2.06. The Morgan fingerprint density at radius 3 is 2.53 bits per heavy atom. The monoisotopic (exact) mass is 204 g/mol. The van der Waals surface area contributed by atoms with E-state index < -0.39 is 0 Å². The molecule has 80 valence electrons. The highest BCUT2D eigenvalue weighted by Gasteiger charge is 2.56. The molecule has 2 saturated carbocycles. The van der Waals surface area contributed by atoms with Crippen molar-refractivity contribution >= 4 is 5.78 Å². The summed E-state index contributed by atoms with van der Waals surface area (Å²) in [5, 5.41) is 0. The molecule has 2 unspecified atom stereocenters. The molecule has 1 aromatic heterocycles. The van der Waals surface area contributed by atoms with Crippen molar-refractivity contribution in [1.82, 2.24) is 0 Å². The van der Waals surface area contributed by atoms with E-state index in [4.69, 9.17) is 4.42 Å². The van der Waals surface area contributed by atoms with Crippen molar-refractivity contribution in [3.8, 4) is 0 Å². The summed E-state index contributed by atoms with van der Waals surface area (Å²) in [5.74, 6) is 3.71. The molecule has 0 saturated heterocycles. The normalized spacial score (nSPS) is 32.8. The first kappa shape index (κ1) is 9.20. The molecule has 1 aromatic rings. The summed E-state index contributed by atoms with van der Waals surface area (Å²) in [7, 11) is 0. The SMILES string of the molecule is Cc1cc(C(=O)C2C3CCCC32)c(C)o1. The molecule has 2 fully saturated rings. The van der Waals surface area contributed by atoms with E-state index in [1.54, 1.807) is 0 Å². The number of carbonyl (C=O) groups is 1. The topological polar surface area (TPSA) is 30.2 Å². The molecule has 15 heavy (non-hydrogen) atoms. The smallest absolute Gasteiger partial charge is 0.170 e. The Bertz CT molecular complexity index is 406. The van der Waals surface area contributed by atoms with Crippen LogP contribution in [0.15, 0.2) is 10.5 Å². The van der Waals surface area contributed by atoms with Crippen molar-refractivity contribution in [3.63, 3.8) is 0 Å². The van der Waals surface area contributed by atoms with Gasteiger partial charge in [0.05, 0.1) is 5.56 Å². The Morgan fingerprint density at radius 1 is 1.33 bits per heavy atom. The summed E-state index contributed by atoms with van der Waals surface area (Å²) in [6, 6.07) is 1.89. The van der Waals surface area contributed by atoms with Gasteiger partial charge in [-0.1, -0.05) is 6.42 Å². The largest absolute Gasteiger partial charge is 0.466 e. The molecule has 2 atom stereocenters. The molecular weight excluding hydrogens is 188 g/mol. The summed E-state index contributed by atoms with van der Waals surface area (Å²) >= 11 is 0. The third kappa shape index (κ3) is 1.27. The van der Waals surface area contributed by atoms with Crippen LogP contribution in [0, 0.1) is 31.6 Å². The number of ketones is 1. The average molecular weight is 204 g/mol. The van der Waals surface area contributed by atoms with Gasteiger partial charge in [-0.15, -0.1) is 0 Å². The molecule has 0 radical (unpaired) electrons. The van der Waals surface area contributed by atoms with Gasteiger partial charge in [-0.05, 0) is 44.6 Å². The molecule has 2 heteroatoms. The van der Waals surface area contributed by atoms with Crippen LogP contribution in [0.1, 0.15) is 41.1 Å². The lowest BCUT2D eigenvalue weighted by atomic mass is 10.0. The van der Waals surface area contributed by atoms with Gasteiger partial charge in [0.1, 0.15) is 11.5 Å². The Kier molecular flexibility index (Phi) is 1.82. The van der Waals surface area contributed by atoms with Crippen LogP contribution in [0.5, 0.6) is 0 Å². The van der Waals surface area contributed by atoms with Gasteiger partial charge in [-0.25, -0.2) is 0 Å². The van der Waals surface area contributed by atoms with Crippen molar-refractivity contribution in [2.24, 2.45) is 17.8 Å². The molecule has 2 aliphatic rings. The molecule has 3 rings (SSSR count). The van der Waals surface area contributed by atoms with Crippen LogP contribution >= 0.6 is 0 Å². The third-order valence-electron chi connectivity index (χ3n) is 4.02. The highest BCUT2D eigenvalue weighted by Crippen LogP contribution is 2.58. The van der Waals surface area contributed by atoms with E-state index in [-0.39, 0.29) is 0 Å². The zero-order chi connectivity index (χ0) is 10.6. The zero-order valence-electron chi connectivity index (χ0n) is 9.25. The summed E-state index contributed by atoms with van der Waals surface area (Å²) < 4.78 is 5.41. The lowest BCUT2D eigenvalue weighted by molar-refractivity contribution is 0.0950. The predicted octanol–water partition coefficient (Wildman–Crippen LogP) is 3.13. The minimum Gasteiger partial charge on any atom is -0.466 e. The number of Topliss-reactive ketones (excluding diaryl/α,β-unsaturated/α-hetero) is 1. The van der Waals surface area contributed by atoms with Crippen LogP contribution in [0.2, 0.25) is 0 Å². The minimum atomic E-state index is 0.328. The summed E-state index contributed by atoms with van der Waals surface area (Å²) in [4.78, 5) is 12.2. The maximum absolute atomic E-state index is 12.2. The fraction of sp³-hybridized carbons (Fsp3) is 0.615. The van der Waals surface area contributed by atoms with E-state index in [0.29, 0.717) is 23.5 Å². The van der Waals surface area contributed by atoms with E-state index in [0.717, 1.165) is 17.1 Å². The average Bonchev–Trinajstić information content (AvgIpc) is 2.58. The Morgan fingerprint density at radius 2 is 2.00 bits per heavy atom. The van der Waals surface area contributed by atoms with Crippen LogP contribution in [-0.4, -0.2) is 5.78 Å². The first-order chi connectivity index (χ1) is 7.18. The number of hydrogen-bond acceptors (Lipinski definition) is 2. The molecule has 0 aliphatic heterocycles. The van der Waals surface area contributed by atoms with Crippen LogP contribution < -0.4 is 0 Å². The van der Waals surface area contributed by atoms with Crippen molar-refractivity contribution in [2.75, 3.05) is 0 Å². The maximum Gasteiger partial charge on any atom is 0.170 e. The standard InChI is InChI=1S/C13H16O2/c1-7-6-11(8(2)15-7)13(14)12-9-4-3-5-10(9)12/h6,9-10,12H,3-5H2,1-2H3. The highest BCUT2D eigenvalue weighted by atomic mass is 16.3. The fourth-order valence-electron chi connectivity index (χ4n) is 3.27. The van der Waals surface area contributed by atoms with Crippen LogP contribution in [-0.2, 0) is 0 Å². The van der Waals surface area contributed by atoms with Crippen LogP contribution in [0.4, 0.5) is 0 Å². The van der Waals surface area contributed by atoms with Crippen molar-refractivity contribution in [2.45, 2.75) is 33.1 Å². The lowest BCUT2D eigenvalue weighted by Gasteiger charge is -2.00. The second kappa shape index (κ2) is 2.97. The van der Waals surface area contributed by atoms with Crippen molar-refractivity contribution in [1.29, 1.82) is 0 Å². The summed E-state index contributed by atoms with van der Waals surface area (Å²) in [5.41, 5.74) is 0.826. The van der Waals surface area contributed by atoms with E-state index in [2.05, 4.69) is 0 Å². The number of fused-ring (bicyclic) bond motifs is 1. The third-order valence-corrected chi connectivity index (χ3v) is 4.02. The fourth-order valence-corrected chi connectivity index (χ4v) is 3.27. The van der Waals surface area contributed by atoms with Gasteiger partial charge in [0, 0.05) is 5.92 Å². The van der Waals surface area contributed by atoms with E-state index in [1.807, 2.05) is 19.9 Å². The first-order valence-corrected chi connectivity index (χ1v) is 5.79. The molecule has 2 aliphatic carbocycles. The molecule has 1 heterocycles. The Hall–Kier alpha value is -1.05. The summed E-state index contributed by atoms with van der Waals surface area (Å²) in [6.45, 7) is 3.79. The van der Waals surface area contributed by atoms with Crippen LogP contribution in [0.3, 0.4) is 0 Å². The minimum absolute atomic E-state index is 0.328. The van der Waals surface area contributed by atoms with Crippen LogP contribution in [0.25, 0.3) is 0 Å². The maximum atomic E-state index is 12.2. The quantitative estimate of drug-likeness (QED) is 0.693. The van der Waals surface area contributed by atoms with Gasteiger partial charge in [0.2, 0.25) is 0 Å². The van der Waals surface area contributed by atoms with Gasteiger partial charge in [-0.2, -0.15) is 0 Å². The number of hydrogen-bond donors (Lipinski definition) is 0. The van der Waals surface area contributed by atoms with E-state index in [9.17, 15) is 4.79 Å². The second-order valence-electron chi connectivity index (χ2n) is 4.98. The first-order valence-electron chi connectivity index (χ1n) is 5.79. The van der Waals surface area contributed by atoms with Gasteiger partial charge in [0.25, 0.3) is 0 Å². The number of aryl methyl sites for hydroxylation is 2. The molecule has 0 bridgehead atoms. The molecular formula is C13H16O2. The molecule has 2 nitrogen and oxygen atoms in total. The number of rotatable bonds is 2. The molecule has 0 aromatic carbocycles. The van der Waals surface area contributed by atoms with E-state index in [1.165, 1.54) is 19.3 Å². The number of furan rings is 1. The molecule has 0 amide bonds. The summed E-state index contributed by atoms with van der Waals surface area (Å²) in [6.07, 6.45) is 3.84. The highest BCUT2D eigenvalue weighted by molar-refractivity contribution is 6.01. The Balaban J connectivity index is 1.84. The van der Waals surface area contributed by atoms with E-state index >= 15 is 0 Å². The van der Waals surface area contributed by atoms with Crippen molar-refractivity contribution in [3.05, 3.63) is 23.2 Å². The van der Waals surface area contributed by atoms with Gasteiger partial charge in [0.15, 0.2) is 5.78 Å². The second-order valence-corrected chi connectivity index (χ2v) is 4.98. The molecule has 0 N–H and O–H groups in total. The van der Waals surface area contributed by atoms with Gasteiger partial charge >= 0.3 is 0 Å². The van der Waals surface area contributed by atoms with Gasteiger partial charge in [-0.3, -0.25) is 4.79 Å². The molecule has 0 spiro atoms. The zero-order valence-corrected chi connectivity index (χ0v) is 9.25. The predicted molar refractivity (Wildman–Crippen MR) is 56.8 cm³/mol.